The van der Waals surface area contributed by atoms with E-state index < -0.39 is 0 Å². The van der Waals surface area contributed by atoms with Gasteiger partial charge in [0.25, 0.3) is 0 Å². The molecule has 1 N–H and O–H groups in total. The second-order valence-corrected chi connectivity index (χ2v) is 3.16. The summed E-state index contributed by atoms with van der Waals surface area (Å²) in [7, 11) is 0. The Morgan fingerprint density at radius 3 is 2.10 bits per heavy atom. The molecule has 0 aromatic carbocycles. The first-order valence-electron chi connectivity index (χ1n) is 3.72. The minimum absolute atomic E-state index is 0. The van der Waals surface area contributed by atoms with E-state index in [0.717, 1.165) is 12.8 Å². The van der Waals surface area contributed by atoms with Gasteiger partial charge in [-0.25, -0.2) is 0 Å². The average Bonchev–Trinajstić information content (AvgIpc) is 2.11. The van der Waals surface area contributed by atoms with Crippen LogP contribution in [-0.4, -0.2) is 23.3 Å². The second kappa shape index (κ2) is 3.27. The van der Waals surface area contributed by atoms with Crippen LogP contribution < -0.4 is 0 Å². The van der Waals surface area contributed by atoms with E-state index in [2.05, 4.69) is 5.32 Å². The number of fused-ring (bicyclic) bond motifs is 2. The number of piperidine rings is 1. The first kappa shape index (κ1) is 8.60. The van der Waals surface area contributed by atoms with Gasteiger partial charge in [-0.05, 0) is 12.8 Å². The maximum atomic E-state index is 9.23. The van der Waals surface area contributed by atoms with E-state index in [1.165, 1.54) is 12.8 Å². The summed E-state index contributed by atoms with van der Waals surface area (Å²) in [6.45, 7) is 0. The summed E-state index contributed by atoms with van der Waals surface area (Å²) < 4.78 is 0. The van der Waals surface area contributed by atoms with Crippen LogP contribution >= 0.6 is 0 Å². The number of hydrogen-bond donors (Lipinski definition) is 1. The van der Waals surface area contributed by atoms with E-state index in [4.69, 9.17) is 0 Å². The number of hydrogen-bond acceptors (Lipinski definition) is 1. The summed E-state index contributed by atoms with van der Waals surface area (Å²) in [4.78, 5) is 0. The third-order valence-corrected chi connectivity index (χ3v) is 2.34. The predicted octanol–water partition coefficient (Wildman–Crippen LogP) is 1.04. The van der Waals surface area contributed by atoms with Crippen LogP contribution in [0.1, 0.15) is 25.7 Å². The molecule has 0 spiro atoms. The Morgan fingerprint density at radius 2 is 1.60 bits per heavy atom. The SMILES string of the molecule is OC1CC2CCC(C1)[N-]2.[V]. The summed E-state index contributed by atoms with van der Waals surface area (Å²) in [5.41, 5.74) is 0. The zero-order valence-electron chi connectivity index (χ0n) is 5.90. The molecule has 2 aliphatic rings. The third-order valence-electron chi connectivity index (χ3n) is 2.34. The predicted molar refractivity (Wildman–Crippen MR) is 35.4 cm³/mol. The van der Waals surface area contributed by atoms with Crippen molar-refractivity contribution in [3.8, 4) is 0 Å². The van der Waals surface area contributed by atoms with Gasteiger partial charge in [-0.2, -0.15) is 0 Å². The van der Waals surface area contributed by atoms with Crippen LogP contribution in [0, 0.1) is 0 Å². The van der Waals surface area contributed by atoms with E-state index in [-0.39, 0.29) is 24.7 Å². The van der Waals surface area contributed by atoms with E-state index in [1.807, 2.05) is 0 Å². The van der Waals surface area contributed by atoms with Crippen LogP contribution in [0.25, 0.3) is 5.32 Å². The molecule has 0 saturated carbocycles. The number of aliphatic hydroxyl groups is 1. The van der Waals surface area contributed by atoms with Gasteiger partial charge >= 0.3 is 0 Å². The van der Waals surface area contributed by atoms with Gasteiger partial charge in [0, 0.05) is 18.6 Å². The fourth-order valence-corrected chi connectivity index (χ4v) is 1.91. The Morgan fingerprint density at radius 1 is 1.10 bits per heavy atom. The number of aliphatic hydroxyl groups excluding tert-OH is 1. The second-order valence-electron chi connectivity index (χ2n) is 3.16. The summed E-state index contributed by atoms with van der Waals surface area (Å²) >= 11 is 0. The summed E-state index contributed by atoms with van der Waals surface area (Å²) in [6, 6.07) is 1.03. The summed E-state index contributed by atoms with van der Waals surface area (Å²) in [6.07, 6.45) is 4.26. The molecule has 2 nitrogen and oxygen atoms in total. The van der Waals surface area contributed by atoms with Gasteiger partial charge < -0.3 is 10.4 Å². The molecule has 10 heavy (non-hydrogen) atoms. The summed E-state index contributed by atoms with van der Waals surface area (Å²) in [5.74, 6) is 0. The van der Waals surface area contributed by atoms with Crippen LogP contribution in [-0.2, 0) is 18.6 Å². The van der Waals surface area contributed by atoms with Crippen LogP contribution in [0.3, 0.4) is 0 Å². The molecule has 2 saturated heterocycles. The maximum absolute atomic E-state index is 9.23. The Kier molecular flexibility index (Phi) is 2.81. The van der Waals surface area contributed by atoms with Crippen LogP contribution in [0.15, 0.2) is 0 Å². The zero-order chi connectivity index (χ0) is 6.27. The Bertz CT molecular complexity index is 108. The van der Waals surface area contributed by atoms with Crippen molar-refractivity contribution < 1.29 is 23.7 Å². The molecule has 2 unspecified atom stereocenters. The van der Waals surface area contributed by atoms with Crippen molar-refractivity contribution in [2.75, 3.05) is 0 Å². The topological polar surface area (TPSA) is 34.3 Å². The first-order chi connectivity index (χ1) is 4.34. The minimum Gasteiger partial charge on any atom is -0.657 e. The van der Waals surface area contributed by atoms with Crippen LogP contribution in [0.5, 0.6) is 0 Å². The fourth-order valence-electron chi connectivity index (χ4n) is 1.91. The van der Waals surface area contributed by atoms with Crippen molar-refractivity contribution in [2.45, 2.75) is 43.9 Å². The van der Waals surface area contributed by atoms with Crippen molar-refractivity contribution in [1.29, 1.82) is 0 Å². The van der Waals surface area contributed by atoms with Gasteiger partial charge in [0.05, 0.1) is 6.10 Å². The van der Waals surface area contributed by atoms with Gasteiger partial charge in [-0.15, -0.1) is 12.1 Å². The molecule has 0 aromatic rings. The molecular weight excluding hydrogens is 165 g/mol. The quantitative estimate of drug-likeness (QED) is 0.589. The molecule has 2 heterocycles. The smallest absolute Gasteiger partial charge is 0.0512 e. The largest absolute Gasteiger partial charge is 0.657 e. The van der Waals surface area contributed by atoms with E-state index in [0.29, 0.717) is 12.1 Å². The first-order valence-corrected chi connectivity index (χ1v) is 3.72. The minimum atomic E-state index is -0.0417. The number of nitrogens with zero attached hydrogens (tertiary/aromatic N) is 1. The normalized spacial score (nSPS) is 44.7. The van der Waals surface area contributed by atoms with Crippen molar-refractivity contribution >= 4 is 0 Å². The van der Waals surface area contributed by atoms with Crippen molar-refractivity contribution in [1.82, 2.24) is 0 Å². The van der Waals surface area contributed by atoms with Gasteiger partial charge in [0.15, 0.2) is 0 Å². The van der Waals surface area contributed by atoms with Crippen molar-refractivity contribution in [2.24, 2.45) is 0 Å². The molecule has 2 rings (SSSR count). The van der Waals surface area contributed by atoms with Gasteiger partial charge in [-0.3, -0.25) is 0 Å². The molecule has 0 amide bonds. The summed E-state index contributed by atoms with van der Waals surface area (Å²) in [5, 5.41) is 13.7. The Labute approximate surface area is 73.3 Å². The van der Waals surface area contributed by atoms with Gasteiger partial charge in [0.2, 0.25) is 0 Å². The van der Waals surface area contributed by atoms with E-state index in [1.54, 1.807) is 0 Å². The Hall–Kier alpha value is 0.504. The molecule has 2 bridgehead atoms. The molecule has 57 valence electrons. The van der Waals surface area contributed by atoms with Gasteiger partial charge in [0.1, 0.15) is 0 Å². The van der Waals surface area contributed by atoms with Crippen LogP contribution in [0.4, 0.5) is 0 Å². The molecule has 2 fully saturated rings. The monoisotopic (exact) mass is 177 g/mol. The maximum Gasteiger partial charge on any atom is 0.0512 e. The van der Waals surface area contributed by atoms with Gasteiger partial charge in [-0.1, -0.05) is 12.8 Å². The zero-order valence-corrected chi connectivity index (χ0v) is 7.30. The molecular formula is C7H12NOV-. The molecule has 0 aliphatic carbocycles. The van der Waals surface area contributed by atoms with E-state index in [9.17, 15) is 5.11 Å². The van der Waals surface area contributed by atoms with Crippen molar-refractivity contribution in [3.63, 3.8) is 0 Å². The van der Waals surface area contributed by atoms with Crippen molar-refractivity contribution in [3.05, 3.63) is 5.32 Å². The molecule has 1 radical (unpaired) electrons. The van der Waals surface area contributed by atoms with Crippen LogP contribution in [0.2, 0.25) is 0 Å². The molecule has 2 atom stereocenters. The molecule has 0 aromatic heterocycles. The van der Waals surface area contributed by atoms with E-state index >= 15 is 0 Å². The number of rotatable bonds is 0. The standard InChI is InChI=1S/C7H12NO.V/c9-7-3-5-1-2-6(4-7)8-5;/h5-7,9H,1-4H2;/q-1;. The Balaban J connectivity index is 0.000000500. The molecule has 2 aliphatic heterocycles. The third kappa shape index (κ3) is 1.56. The molecule has 3 heteroatoms. The fraction of sp³-hybridized carbons (Fsp3) is 1.00. The average molecular weight is 177 g/mol.